The molecule has 0 bridgehead atoms. The smallest absolute Gasteiger partial charge is 0.416 e. The molecular weight excluding hydrogens is 355 g/mol. The number of benzene rings is 2. The number of alkyl halides is 3. The summed E-state index contributed by atoms with van der Waals surface area (Å²) < 4.78 is 67.8. The van der Waals surface area contributed by atoms with Gasteiger partial charge in [0.05, 0.1) is 5.56 Å². The summed E-state index contributed by atoms with van der Waals surface area (Å²) in [7, 11) is 0. The molecule has 0 aromatic heterocycles. The topological polar surface area (TPSA) is 37.3 Å². The molecule has 0 saturated heterocycles. The first-order chi connectivity index (χ1) is 11.9. The summed E-state index contributed by atoms with van der Waals surface area (Å²) in [6.45, 7) is 4.18. The minimum Gasteiger partial charge on any atom is -0.478 e. The Labute approximate surface area is 146 Å². The van der Waals surface area contributed by atoms with E-state index in [9.17, 15) is 26.7 Å². The molecule has 0 saturated carbocycles. The summed E-state index contributed by atoms with van der Waals surface area (Å²) in [5, 5.41) is 8.67. The van der Waals surface area contributed by atoms with E-state index in [0.717, 1.165) is 18.2 Å². The summed E-state index contributed by atoms with van der Waals surface area (Å²) in [6, 6.07) is 2.99. The van der Waals surface area contributed by atoms with Gasteiger partial charge in [-0.1, -0.05) is 0 Å². The highest BCUT2D eigenvalue weighted by atomic mass is 19.4. The van der Waals surface area contributed by atoms with Crippen molar-refractivity contribution in [2.24, 2.45) is 0 Å². The minimum absolute atomic E-state index is 0.0464. The van der Waals surface area contributed by atoms with Gasteiger partial charge in [-0.3, -0.25) is 0 Å². The molecule has 0 spiro atoms. The Kier molecular flexibility index (Phi) is 5.21. The van der Waals surface area contributed by atoms with Crippen molar-refractivity contribution >= 4 is 12.0 Å². The first kappa shape index (κ1) is 19.6. The molecule has 0 radical (unpaired) electrons. The van der Waals surface area contributed by atoms with Gasteiger partial charge in [-0.25, -0.2) is 13.6 Å². The molecule has 2 aromatic rings. The quantitative estimate of drug-likeness (QED) is 0.558. The van der Waals surface area contributed by atoms with Crippen molar-refractivity contribution in [3.63, 3.8) is 0 Å². The SMILES string of the molecule is Cc1cc(-c2c(C)cc(C(F)(F)F)cc2C)c(F)c(/C=C\C(=O)O)c1F. The number of aliphatic carboxylic acids is 1. The van der Waals surface area contributed by atoms with Crippen LogP contribution in [0.4, 0.5) is 22.0 Å². The number of hydrogen-bond donors (Lipinski definition) is 1. The Balaban J connectivity index is 2.76. The van der Waals surface area contributed by atoms with E-state index in [1.807, 2.05) is 0 Å². The van der Waals surface area contributed by atoms with Crippen LogP contribution >= 0.6 is 0 Å². The first-order valence-electron chi connectivity index (χ1n) is 7.52. The van der Waals surface area contributed by atoms with Crippen LogP contribution in [0.3, 0.4) is 0 Å². The molecule has 0 aliphatic carbocycles. The van der Waals surface area contributed by atoms with Crippen molar-refractivity contribution in [1.29, 1.82) is 0 Å². The molecule has 1 N–H and O–H groups in total. The van der Waals surface area contributed by atoms with Gasteiger partial charge < -0.3 is 5.11 Å². The van der Waals surface area contributed by atoms with E-state index in [1.165, 1.54) is 26.8 Å². The fourth-order valence-electron chi connectivity index (χ4n) is 2.83. The maximum atomic E-state index is 14.8. The van der Waals surface area contributed by atoms with Gasteiger partial charge in [-0.05, 0) is 67.3 Å². The number of aryl methyl sites for hydroxylation is 3. The van der Waals surface area contributed by atoms with Crippen LogP contribution in [0.25, 0.3) is 17.2 Å². The van der Waals surface area contributed by atoms with Gasteiger partial charge in [-0.2, -0.15) is 13.2 Å². The van der Waals surface area contributed by atoms with E-state index in [0.29, 0.717) is 6.08 Å². The molecule has 26 heavy (non-hydrogen) atoms. The normalized spacial score (nSPS) is 12.0. The molecule has 0 unspecified atom stereocenters. The largest absolute Gasteiger partial charge is 0.478 e. The zero-order chi connectivity index (χ0) is 19.8. The highest BCUT2D eigenvalue weighted by molar-refractivity contribution is 5.86. The molecule has 0 amide bonds. The number of carboxylic acids is 1. The van der Waals surface area contributed by atoms with E-state index in [-0.39, 0.29) is 27.8 Å². The number of carbonyl (C=O) groups is 1. The zero-order valence-electron chi connectivity index (χ0n) is 14.1. The second-order valence-corrected chi connectivity index (χ2v) is 5.94. The third-order valence-electron chi connectivity index (χ3n) is 3.94. The highest BCUT2D eigenvalue weighted by Gasteiger charge is 2.32. The molecule has 0 aliphatic rings. The average Bonchev–Trinajstić information content (AvgIpc) is 2.50. The van der Waals surface area contributed by atoms with Crippen LogP contribution in [0.1, 0.15) is 27.8 Å². The van der Waals surface area contributed by atoms with Crippen molar-refractivity contribution in [2.75, 3.05) is 0 Å². The molecule has 0 fully saturated rings. The Bertz CT molecular complexity index is 888. The van der Waals surface area contributed by atoms with Crippen molar-refractivity contribution in [3.8, 4) is 11.1 Å². The Morgan fingerprint density at radius 1 is 0.962 bits per heavy atom. The molecular formula is C19H15F5O2. The van der Waals surface area contributed by atoms with Crippen LogP contribution < -0.4 is 0 Å². The molecule has 0 aliphatic heterocycles. The van der Waals surface area contributed by atoms with Gasteiger partial charge in [0.1, 0.15) is 11.6 Å². The predicted molar refractivity (Wildman–Crippen MR) is 87.7 cm³/mol. The fraction of sp³-hybridized carbons (Fsp3) is 0.211. The van der Waals surface area contributed by atoms with E-state index in [2.05, 4.69) is 0 Å². The van der Waals surface area contributed by atoms with E-state index >= 15 is 0 Å². The summed E-state index contributed by atoms with van der Waals surface area (Å²) in [4.78, 5) is 10.6. The number of halogens is 5. The lowest BCUT2D eigenvalue weighted by molar-refractivity contribution is -0.137. The molecule has 2 nitrogen and oxygen atoms in total. The summed E-state index contributed by atoms with van der Waals surface area (Å²) in [5.41, 5.74) is -0.889. The summed E-state index contributed by atoms with van der Waals surface area (Å²) >= 11 is 0. The van der Waals surface area contributed by atoms with Gasteiger partial charge in [0.25, 0.3) is 0 Å². The molecule has 2 rings (SSSR count). The maximum Gasteiger partial charge on any atom is 0.416 e. The van der Waals surface area contributed by atoms with Gasteiger partial charge in [-0.15, -0.1) is 0 Å². The standard InChI is InChI=1S/C19H15F5O2/c1-9-6-12(19(22,23)24)7-10(2)16(9)14-8-11(3)17(20)13(18(14)21)4-5-15(25)26/h4-8H,1-3H3,(H,25,26)/b5-4-. The summed E-state index contributed by atoms with van der Waals surface area (Å²) in [6.07, 6.45) is -3.16. The second kappa shape index (κ2) is 6.90. The third kappa shape index (κ3) is 3.76. The average molecular weight is 370 g/mol. The molecule has 0 heterocycles. The molecule has 138 valence electrons. The fourth-order valence-corrected chi connectivity index (χ4v) is 2.83. The zero-order valence-corrected chi connectivity index (χ0v) is 14.1. The van der Waals surface area contributed by atoms with Crippen LogP contribution in [-0.2, 0) is 11.0 Å². The maximum absolute atomic E-state index is 14.8. The van der Waals surface area contributed by atoms with E-state index < -0.39 is 34.9 Å². The van der Waals surface area contributed by atoms with Crippen LogP contribution in [0.5, 0.6) is 0 Å². The second-order valence-electron chi connectivity index (χ2n) is 5.94. The van der Waals surface area contributed by atoms with Crippen molar-refractivity contribution in [1.82, 2.24) is 0 Å². The Morgan fingerprint density at radius 3 is 1.96 bits per heavy atom. The minimum atomic E-state index is -4.54. The third-order valence-corrected chi connectivity index (χ3v) is 3.94. The monoisotopic (exact) mass is 370 g/mol. The lowest BCUT2D eigenvalue weighted by atomic mass is 9.90. The van der Waals surface area contributed by atoms with Crippen molar-refractivity contribution < 1.29 is 31.9 Å². The van der Waals surface area contributed by atoms with Crippen LogP contribution in [-0.4, -0.2) is 11.1 Å². The van der Waals surface area contributed by atoms with Gasteiger partial charge >= 0.3 is 12.1 Å². The van der Waals surface area contributed by atoms with E-state index in [4.69, 9.17) is 5.11 Å². The lowest BCUT2D eigenvalue weighted by Crippen LogP contribution is -2.07. The van der Waals surface area contributed by atoms with Gasteiger partial charge in [0.2, 0.25) is 0 Å². The van der Waals surface area contributed by atoms with Gasteiger partial charge in [0, 0.05) is 17.2 Å². The molecule has 2 aromatic carbocycles. The number of rotatable bonds is 3. The first-order valence-corrected chi connectivity index (χ1v) is 7.52. The van der Waals surface area contributed by atoms with E-state index in [1.54, 1.807) is 0 Å². The predicted octanol–water partition coefficient (Wildman–Crippen LogP) is 5.67. The Morgan fingerprint density at radius 2 is 1.50 bits per heavy atom. The highest BCUT2D eigenvalue weighted by Crippen LogP contribution is 2.38. The molecule has 0 atom stereocenters. The van der Waals surface area contributed by atoms with Crippen molar-refractivity contribution in [3.05, 3.63) is 63.7 Å². The number of hydrogen-bond acceptors (Lipinski definition) is 1. The van der Waals surface area contributed by atoms with Crippen LogP contribution in [0, 0.1) is 32.4 Å². The summed E-state index contributed by atoms with van der Waals surface area (Å²) in [5.74, 6) is -3.34. The molecule has 7 heteroatoms. The number of carboxylic acid groups (broad SMARTS) is 1. The Hall–Kier alpha value is -2.70. The van der Waals surface area contributed by atoms with Gasteiger partial charge in [0.15, 0.2) is 0 Å². The van der Waals surface area contributed by atoms with Crippen LogP contribution in [0.15, 0.2) is 24.3 Å². The van der Waals surface area contributed by atoms with Crippen molar-refractivity contribution in [2.45, 2.75) is 26.9 Å². The lowest BCUT2D eigenvalue weighted by Gasteiger charge is -2.17. The van der Waals surface area contributed by atoms with Crippen LogP contribution in [0.2, 0.25) is 0 Å².